The van der Waals surface area contributed by atoms with Crippen molar-refractivity contribution in [3.63, 3.8) is 0 Å². The third kappa shape index (κ3) is 5.40. The minimum absolute atomic E-state index is 0.0649. The Balaban J connectivity index is 1.81. The van der Waals surface area contributed by atoms with Gasteiger partial charge in [0.05, 0.1) is 13.4 Å². The Morgan fingerprint density at radius 2 is 1.87 bits per heavy atom. The number of hydrogen-bond acceptors (Lipinski definition) is 5. The van der Waals surface area contributed by atoms with E-state index in [9.17, 15) is 13.2 Å². The Bertz CT molecular complexity index is 639. The number of amides is 1. The molecule has 7 nitrogen and oxygen atoms in total. The summed E-state index contributed by atoms with van der Waals surface area (Å²) in [4.78, 5) is 13.9. The van der Waals surface area contributed by atoms with Crippen molar-refractivity contribution in [2.24, 2.45) is 0 Å². The molecule has 0 aromatic heterocycles. The highest BCUT2D eigenvalue weighted by Gasteiger charge is 2.24. The molecule has 0 saturated carbocycles. The van der Waals surface area contributed by atoms with E-state index in [0.717, 1.165) is 6.26 Å². The molecule has 1 aliphatic rings. The van der Waals surface area contributed by atoms with Gasteiger partial charge in [0.15, 0.2) is 18.1 Å². The number of nitrogens with zero attached hydrogens (tertiary/aromatic N) is 1. The van der Waals surface area contributed by atoms with Gasteiger partial charge in [0.2, 0.25) is 10.0 Å². The Morgan fingerprint density at radius 3 is 2.43 bits per heavy atom. The van der Waals surface area contributed by atoms with Crippen LogP contribution >= 0.6 is 0 Å². The van der Waals surface area contributed by atoms with E-state index in [1.807, 2.05) is 12.1 Å². The number of sulfonamides is 1. The van der Waals surface area contributed by atoms with Gasteiger partial charge >= 0.3 is 0 Å². The molecule has 1 fully saturated rings. The summed E-state index contributed by atoms with van der Waals surface area (Å²) in [7, 11) is -1.66. The van der Waals surface area contributed by atoms with Gasteiger partial charge in [-0.05, 0) is 25.0 Å². The van der Waals surface area contributed by atoms with E-state index >= 15 is 0 Å². The SMILES string of the molecule is COc1ccccc1OCC(=O)N1CCC(NS(C)(=O)=O)CC1. The Hall–Kier alpha value is -1.80. The first-order valence-electron chi connectivity index (χ1n) is 7.40. The maximum atomic E-state index is 12.2. The molecule has 128 valence electrons. The van der Waals surface area contributed by atoms with Crippen molar-refractivity contribution >= 4 is 15.9 Å². The molecule has 1 amide bonds. The molecular weight excluding hydrogens is 320 g/mol. The zero-order valence-electron chi connectivity index (χ0n) is 13.3. The fourth-order valence-corrected chi connectivity index (χ4v) is 3.36. The average molecular weight is 342 g/mol. The van der Waals surface area contributed by atoms with Gasteiger partial charge in [-0.3, -0.25) is 4.79 Å². The molecule has 1 N–H and O–H groups in total. The molecule has 1 aliphatic heterocycles. The summed E-state index contributed by atoms with van der Waals surface area (Å²) in [6.45, 7) is 0.965. The number of nitrogens with one attached hydrogen (secondary N) is 1. The predicted octanol–water partition coefficient (Wildman–Crippen LogP) is 0.614. The number of ether oxygens (including phenoxy) is 2. The van der Waals surface area contributed by atoms with Crippen LogP contribution in [0.4, 0.5) is 0 Å². The number of carbonyl (C=O) groups is 1. The molecule has 0 unspecified atom stereocenters. The minimum Gasteiger partial charge on any atom is -0.493 e. The molecule has 0 spiro atoms. The fraction of sp³-hybridized carbons (Fsp3) is 0.533. The predicted molar refractivity (Wildman–Crippen MR) is 86.1 cm³/mol. The first kappa shape index (κ1) is 17.6. The lowest BCUT2D eigenvalue weighted by molar-refractivity contribution is -0.134. The van der Waals surface area contributed by atoms with Crippen molar-refractivity contribution in [2.45, 2.75) is 18.9 Å². The van der Waals surface area contributed by atoms with Crippen molar-refractivity contribution in [3.8, 4) is 11.5 Å². The Kier molecular flexibility index (Phi) is 5.84. The summed E-state index contributed by atoms with van der Waals surface area (Å²) in [5.41, 5.74) is 0. The third-order valence-electron chi connectivity index (χ3n) is 3.65. The highest BCUT2D eigenvalue weighted by molar-refractivity contribution is 7.88. The van der Waals surface area contributed by atoms with Crippen LogP contribution in [0.3, 0.4) is 0 Å². The van der Waals surface area contributed by atoms with Gasteiger partial charge in [-0.2, -0.15) is 0 Å². The monoisotopic (exact) mass is 342 g/mol. The van der Waals surface area contributed by atoms with E-state index in [0.29, 0.717) is 37.4 Å². The molecule has 1 aromatic rings. The molecular formula is C15H22N2O5S. The van der Waals surface area contributed by atoms with Crippen LogP contribution in [0.1, 0.15) is 12.8 Å². The van der Waals surface area contributed by atoms with E-state index in [1.165, 1.54) is 0 Å². The number of likely N-dealkylation sites (tertiary alicyclic amines) is 1. The van der Waals surface area contributed by atoms with Crippen LogP contribution in [0, 0.1) is 0 Å². The number of methoxy groups -OCH3 is 1. The van der Waals surface area contributed by atoms with E-state index in [4.69, 9.17) is 9.47 Å². The highest BCUT2D eigenvalue weighted by Crippen LogP contribution is 2.25. The van der Waals surface area contributed by atoms with Gasteiger partial charge in [-0.1, -0.05) is 12.1 Å². The third-order valence-corrected chi connectivity index (χ3v) is 4.41. The van der Waals surface area contributed by atoms with Crippen LogP contribution in [0.2, 0.25) is 0 Å². The van der Waals surface area contributed by atoms with Gasteiger partial charge in [-0.25, -0.2) is 13.1 Å². The summed E-state index contributed by atoms with van der Waals surface area (Å²) in [6.07, 6.45) is 2.35. The van der Waals surface area contributed by atoms with E-state index in [-0.39, 0.29) is 18.6 Å². The van der Waals surface area contributed by atoms with Crippen molar-refractivity contribution in [3.05, 3.63) is 24.3 Å². The maximum Gasteiger partial charge on any atom is 0.260 e. The highest BCUT2D eigenvalue weighted by atomic mass is 32.2. The van der Waals surface area contributed by atoms with Crippen molar-refractivity contribution in [2.75, 3.05) is 33.1 Å². The number of carbonyl (C=O) groups excluding carboxylic acids is 1. The lowest BCUT2D eigenvalue weighted by Crippen LogP contribution is -2.47. The Morgan fingerprint density at radius 1 is 1.26 bits per heavy atom. The van der Waals surface area contributed by atoms with Crippen LogP contribution in [0.25, 0.3) is 0 Å². The molecule has 1 aromatic carbocycles. The number of rotatable bonds is 6. The zero-order chi connectivity index (χ0) is 16.9. The molecule has 23 heavy (non-hydrogen) atoms. The van der Waals surface area contributed by atoms with Crippen molar-refractivity contribution < 1.29 is 22.7 Å². The molecule has 1 heterocycles. The second kappa shape index (κ2) is 7.65. The molecule has 0 atom stereocenters. The first-order valence-corrected chi connectivity index (χ1v) is 9.29. The summed E-state index contributed by atoms with van der Waals surface area (Å²) < 4.78 is 35.7. The van der Waals surface area contributed by atoms with E-state index < -0.39 is 10.0 Å². The van der Waals surface area contributed by atoms with Crippen LogP contribution in [-0.2, 0) is 14.8 Å². The summed E-state index contributed by atoms with van der Waals surface area (Å²) >= 11 is 0. The maximum absolute atomic E-state index is 12.2. The van der Waals surface area contributed by atoms with Crippen LogP contribution in [-0.4, -0.2) is 58.3 Å². The number of para-hydroxylation sites is 2. The van der Waals surface area contributed by atoms with Gasteiger partial charge < -0.3 is 14.4 Å². The summed E-state index contributed by atoms with van der Waals surface area (Å²) in [6, 6.07) is 7.04. The summed E-state index contributed by atoms with van der Waals surface area (Å²) in [5, 5.41) is 0. The second-order valence-electron chi connectivity index (χ2n) is 5.48. The molecule has 0 radical (unpaired) electrons. The largest absolute Gasteiger partial charge is 0.493 e. The van der Waals surface area contributed by atoms with Crippen molar-refractivity contribution in [1.29, 1.82) is 0 Å². The molecule has 0 bridgehead atoms. The van der Waals surface area contributed by atoms with Gasteiger partial charge in [0.25, 0.3) is 5.91 Å². The molecule has 8 heteroatoms. The molecule has 0 aliphatic carbocycles. The second-order valence-corrected chi connectivity index (χ2v) is 7.26. The van der Waals surface area contributed by atoms with Crippen molar-refractivity contribution in [1.82, 2.24) is 9.62 Å². The molecule has 2 rings (SSSR count). The lowest BCUT2D eigenvalue weighted by atomic mass is 10.1. The zero-order valence-corrected chi connectivity index (χ0v) is 14.1. The smallest absolute Gasteiger partial charge is 0.260 e. The van der Waals surface area contributed by atoms with Crippen LogP contribution in [0.5, 0.6) is 11.5 Å². The van der Waals surface area contributed by atoms with Gasteiger partial charge in [0, 0.05) is 19.1 Å². The Labute approximate surface area is 136 Å². The lowest BCUT2D eigenvalue weighted by Gasteiger charge is -2.31. The van der Waals surface area contributed by atoms with E-state index in [1.54, 1.807) is 24.1 Å². The average Bonchev–Trinajstić information content (AvgIpc) is 2.52. The van der Waals surface area contributed by atoms with Gasteiger partial charge in [0.1, 0.15) is 0 Å². The topological polar surface area (TPSA) is 84.9 Å². The minimum atomic E-state index is -3.21. The van der Waals surface area contributed by atoms with Gasteiger partial charge in [-0.15, -0.1) is 0 Å². The fourth-order valence-electron chi connectivity index (χ4n) is 2.52. The number of hydrogen-bond donors (Lipinski definition) is 1. The van der Waals surface area contributed by atoms with E-state index in [2.05, 4.69) is 4.72 Å². The standard InChI is InChI=1S/C15H22N2O5S/c1-21-13-5-3-4-6-14(13)22-11-15(18)17-9-7-12(8-10-17)16-23(2,19)20/h3-6,12,16H,7-11H2,1-2H3. The van der Waals surface area contributed by atoms with Crippen LogP contribution < -0.4 is 14.2 Å². The number of benzene rings is 1. The number of piperidine rings is 1. The summed E-state index contributed by atoms with van der Waals surface area (Å²) in [5.74, 6) is 0.988. The van der Waals surface area contributed by atoms with Crippen LogP contribution in [0.15, 0.2) is 24.3 Å². The molecule has 1 saturated heterocycles. The first-order chi connectivity index (χ1) is 10.9. The normalized spacial score (nSPS) is 16.2. The quantitative estimate of drug-likeness (QED) is 0.819.